The molecule has 2 nitrogen and oxygen atoms in total. The van der Waals surface area contributed by atoms with Gasteiger partial charge < -0.3 is 0 Å². The molecule has 0 radical (unpaired) electrons. The molecule has 72 valence electrons. The van der Waals surface area contributed by atoms with Crippen LogP contribution in [0.3, 0.4) is 0 Å². The second-order valence-corrected chi connectivity index (χ2v) is 4.37. The smallest absolute Gasteiger partial charge is 0.178 e. The molecule has 0 aromatic carbocycles. The van der Waals surface area contributed by atoms with Crippen molar-refractivity contribution >= 4 is 27.2 Å². The van der Waals surface area contributed by atoms with E-state index in [9.17, 15) is 4.79 Å². The van der Waals surface area contributed by atoms with Gasteiger partial charge in [-0.1, -0.05) is 0 Å². The molecule has 0 saturated carbocycles. The van der Waals surface area contributed by atoms with Crippen LogP contribution in [-0.4, -0.2) is 10.8 Å². The van der Waals surface area contributed by atoms with Gasteiger partial charge in [-0.25, -0.2) is 4.98 Å². The van der Waals surface area contributed by atoms with E-state index in [0.717, 1.165) is 21.3 Å². The van der Waals surface area contributed by atoms with Gasteiger partial charge in [0, 0.05) is 22.7 Å². The first-order chi connectivity index (χ1) is 6.59. The van der Waals surface area contributed by atoms with Crippen molar-refractivity contribution in [3.05, 3.63) is 28.4 Å². The van der Waals surface area contributed by atoms with Crippen LogP contribution < -0.4 is 0 Å². The average molecular weight is 205 g/mol. The third kappa shape index (κ3) is 1.34. The fourth-order valence-corrected chi connectivity index (χ4v) is 2.62. The number of Topliss-reactive ketones (excluding diaryl/α,β-unsaturated/α-hetero) is 1. The summed E-state index contributed by atoms with van der Waals surface area (Å²) in [6, 6.07) is 2.03. The molecule has 14 heavy (non-hydrogen) atoms. The van der Waals surface area contributed by atoms with Crippen molar-refractivity contribution in [2.45, 2.75) is 20.8 Å². The number of hydrogen-bond donors (Lipinski definition) is 0. The lowest BCUT2D eigenvalue weighted by atomic mass is 10.1. The minimum atomic E-state index is 0.0419. The van der Waals surface area contributed by atoms with E-state index in [4.69, 9.17) is 0 Å². The summed E-state index contributed by atoms with van der Waals surface area (Å²) in [5, 5.41) is 3.09. The van der Waals surface area contributed by atoms with Crippen molar-refractivity contribution in [3.8, 4) is 0 Å². The Balaban J connectivity index is 2.90. The minimum absolute atomic E-state index is 0.0419. The molecule has 0 spiro atoms. The lowest BCUT2D eigenvalue weighted by Gasteiger charge is -2.01. The largest absolute Gasteiger partial charge is 0.293 e. The molecule has 2 heterocycles. The molecule has 0 aliphatic heterocycles. The van der Waals surface area contributed by atoms with Crippen LogP contribution >= 0.6 is 11.3 Å². The van der Waals surface area contributed by atoms with Crippen LogP contribution in [0.1, 0.15) is 28.7 Å². The van der Waals surface area contributed by atoms with Crippen LogP contribution in [0.4, 0.5) is 0 Å². The Morgan fingerprint density at radius 3 is 2.79 bits per heavy atom. The summed E-state index contributed by atoms with van der Waals surface area (Å²) in [4.78, 5) is 15.7. The highest BCUT2D eigenvalue weighted by atomic mass is 32.1. The van der Waals surface area contributed by atoms with Gasteiger partial charge in [-0.05, 0) is 30.9 Å². The number of hydrogen-bond acceptors (Lipinski definition) is 3. The van der Waals surface area contributed by atoms with Gasteiger partial charge in [-0.15, -0.1) is 11.3 Å². The first kappa shape index (κ1) is 9.34. The Morgan fingerprint density at radius 1 is 1.43 bits per heavy atom. The van der Waals surface area contributed by atoms with Crippen LogP contribution in [0.25, 0.3) is 10.1 Å². The summed E-state index contributed by atoms with van der Waals surface area (Å²) >= 11 is 1.67. The van der Waals surface area contributed by atoms with Crippen LogP contribution in [0.5, 0.6) is 0 Å². The Morgan fingerprint density at radius 2 is 2.14 bits per heavy atom. The number of rotatable bonds is 1. The van der Waals surface area contributed by atoms with E-state index >= 15 is 0 Å². The highest BCUT2D eigenvalue weighted by Gasteiger charge is 2.11. The number of carbonyl (C=O) groups is 1. The fourth-order valence-electron chi connectivity index (χ4n) is 1.58. The lowest BCUT2D eigenvalue weighted by molar-refractivity contribution is 0.101. The zero-order valence-corrected chi connectivity index (χ0v) is 9.23. The van der Waals surface area contributed by atoms with Crippen LogP contribution in [-0.2, 0) is 0 Å². The molecular weight excluding hydrogens is 194 g/mol. The molecule has 0 atom stereocenters. The molecule has 3 heteroatoms. The van der Waals surface area contributed by atoms with E-state index in [1.165, 1.54) is 0 Å². The SMILES string of the molecule is CC(=O)c1nc(C)cc2scc(C)c12. The highest BCUT2D eigenvalue weighted by molar-refractivity contribution is 7.17. The number of pyridine rings is 1. The number of fused-ring (bicyclic) bond motifs is 1. The summed E-state index contributed by atoms with van der Waals surface area (Å²) in [5.41, 5.74) is 2.66. The van der Waals surface area contributed by atoms with Crippen molar-refractivity contribution in [1.29, 1.82) is 0 Å². The van der Waals surface area contributed by atoms with Crippen molar-refractivity contribution < 1.29 is 4.79 Å². The summed E-state index contributed by atoms with van der Waals surface area (Å²) in [6.07, 6.45) is 0. The Kier molecular flexibility index (Phi) is 2.11. The van der Waals surface area contributed by atoms with Crippen LogP contribution in [0.15, 0.2) is 11.4 Å². The van der Waals surface area contributed by atoms with Gasteiger partial charge in [0.25, 0.3) is 0 Å². The van der Waals surface area contributed by atoms with E-state index in [-0.39, 0.29) is 5.78 Å². The summed E-state index contributed by atoms with van der Waals surface area (Å²) in [5.74, 6) is 0.0419. The van der Waals surface area contributed by atoms with E-state index in [1.807, 2.05) is 19.9 Å². The van der Waals surface area contributed by atoms with Gasteiger partial charge in [-0.2, -0.15) is 0 Å². The van der Waals surface area contributed by atoms with Gasteiger partial charge in [0.1, 0.15) is 5.69 Å². The molecule has 0 unspecified atom stereocenters. The number of nitrogens with zero attached hydrogens (tertiary/aromatic N) is 1. The molecule has 2 aromatic rings. The maximum absolute atomic E-state index is 11.4. The topological polar surface area (TPSA) is 30.0 Å². The van der Waals surface area contributed by atoms with Crippen LogP contribution in [0.2, 0.25) is 0 Å². The van der Waals surface area contributed by atoms with E-state index < -0.39 is 0 Å². The predicted molar refractivity (Wildman–Crippen MR) is 59.1 cm³/mol. The summed E-state index contributed by atoms with van der Waals surface area (Å²) in [7, 11) is 0. The maximum Gasteiger partial charge on any atom is 0.178 e. The van der Waals surface area contributed by atoms with Crippen LogP contribution in [0, 0.1) is 13.8 Å². The molecular formula is C11H11NOS. The quantitative estimate of drug-likeness (QED) is 0.669. The number of thiophene rings is 1. The summed E-state index contributed by atoms with van der Waals surface area (Å²) in [6.45, 7) is 5.50. The van der Waals surface area contributed by atoms with Crippen molar-refractivity contribution in [2.75, 3.05) is 0 Å². The first-order valence-electron chi connectivity index (χ1n) is 4.46. The molecule has 0 saturated heterocycles. The molecule has 0 amide bonds. The molecule has 0 N–H and O–H groups in total. The minimum Gasteiger partial charge on any atom is -0.293 e. The third-order valence-corrected chi connectivity index (χ3v) is 3.25. The van der Waals surface area contributed by atoms with E-state index in [2.05, 4.69) is 10.4 Å². The molecule has 0 aliphatic carbocycles. The van der Waals surface area contributed by atoms with Crippen molar-refractivity contribution in [2.24, 2.45) is 0 Å². The van der Waals surface area contributed by atoms with Crippen molar-refractivity contribution in [3.63, 3.8) is 0 Å². The first-order valence-corrected chi connectivity index (χ1v) is 5.34. The number of aryl methyl sites for hydroxylation is 2. The zero-order valence-electron chi connectivity index (χ0n) is 8.42. The Labute approximate surface area is 86.6 Å². The molecule has 0 fully saturated rings. The standard InChI is InChI=1S/C11H11NOS/c1-6-5-14-9-4-7(2)12-11(8(3)13)10(6)9/h4-5H,1-3H3. The second-order valence-electron chi connectivity index (χ2n) is 3.46. The van der Waals surface area contributed by atoms with Gasteiger partial charge in [0.15, 0.2) is 5.78 Å². The monoisotopic (exact) mass is 205 g/mol. The number of ketones is 1. The lowest BCUT2D eigenvalue weighted by Crippen LogP contribution is -1.99. The normalized spacial score (nSPS) is 10.8. The molecule has 2 rings (SSSR count). The average Bonchev–Trinajstić information content (AvgIpc) is 2.46. The number of aromatic nitrogens is 1. The van der Waals surface area contributed by atoms with Gasteiger partial charge in [0.2, 0.25) is 0 Å². The second kappa shape index (κ2) is 3.17. The molecule has 0 bridgehead atoms. The Bertz CT molecular complexity index is 513. The Hall–Kier alpha value is -1.22. The van der Waals surface area contributed by atoms with Gasteiger partial charge >= 0.3 is 0 Å². The van der Waals surface area contributed by atoms with E-state index in [0.29, 0.717) is 5.69 Å². The van der Waals surface area contributed by atoms with E-state index in [1.54, 1.807) is 18.3 Å². The molecule has 2 aromatic heterocycles. The zero-order chi connectivity index (χ0) is 10.3. The van der Waals surface area contributed by atoms with Gasteiger partial charge in [0.05, 0.1) is 0 Å². The van der Waals surface area contributed by atoms with Gasteiger partial charge in [-0.3, -0.25) is 4.79 Å². The molecule has 0 aliphatic rings. The fraction of sp³-hybridized carbons (Fsp3) is 0.273. The predicted octanol–water partition coefficient (Wildman–Crippen LogP) is 3.12. The summed E-state index contributed by atoms with van der Waals surface area (Å²) < 4.78 is 1.15. The highest BCUT2D eigenvalue weighted by Crippen LogP contribution is 2.28. The van der Waals surface area contributed by atoms with Crippen molar-refractivity contribution in [1.82, 2.24) is 4.98 Å². The third-order valence-electron chi connectivity index (χ3n) is 2.20. The maximum atomic E-state index is 11.4. The number of carbonyl (C=O) groups excluding carboxylic acids is 1.